The van der Waals surface area contributed by atoms with Gasteiger partial charge in [-0.3, -0.25) is 0 Å². The number of piperidine rings is 1. The first kappa shape index (κ1) is 18.2. The average Bonchev–Trinajstić information content (AvgIpc) is 2.62. The maximum atomic E-state index is 11.8. The molecule has 1 heterocycles. The summed E-state index contributed by atoms with van der Waals surface area (Å²) in [5, 5.41) is 15.7. The van der Waals surface area contributed by atoms with Gasteiger partial charge in [-0.2, -0.15) is 0 Å². The van der Waals surface area contributed by atoms with Crippen molar-refractivity contribution in [1.82, 2.24) is 5.32 Å². The molecule has 1 aliphatic rings. The number of rotatable bonds is 4. The lowest BCUT2D eigenvalue weighted by atomic mass is 9.62. The van der Waals surface area contributed by atoms with Crippen LogP contribution >= 0.6 is 0 Å². The number of benzene rings is 2. The molecule has 0 aliphatic carbocycles. The molecular formula is C23H31NO. The van der Waals surface area contributed by atoms with Crippen LogP contribution in [0.15, 0.2) is 60.7 Å². The molecule has 2 aromatic carbocycles. The van der Waals surface area contributed by atoms with Crippen molar-refractivity contribution in [2.45, 2.75) is 51.8 Å². The van der Waals surface area contributed by atoms with E-state index in [9.17, 15) is 5.11 Å². The standard InChI is InChI=1S/C23H31NO/c1-16(2)21-22(19-13-9-6-10-14-19)24-20(15-23(21,25)17(3)4)18-11-7-5-8-12-18/h5-14,16-17,20-22,24-25H,15H2,1-4H3. The molecule has 0 saturated carbocycles. The van der Waals surface area contributed by atoms with E-state index >= 15 is 0 Å². The Bertz CT molecular complexity index is 667. The zero-order valence-electron chi connectivity index (χ0n) is 15.8. The largest absolute Gasteiger partial charge is 0.389 e. The summed E-state index contributed by atoms with van der Waals surface area (Å²) in [6.45, 7) is 8.78. The molecule has 25 heavy (non-hydrogen) atoms. The molecule has 2 N–H and O–H groups in total. The molecule has 4 unspecified atom stereocenters. The van der Waals surface area contributed by atoms with E-state index in [4.69, 9.17) is 0 Å². The summed E-state index contributed by atoms with van der Waals surface area (Å²) in [7, 11) is 0. The third-order valence-corrected chi connectivity index (χ3v) is 5.93. The van der Waals surface area contributed by atoms with Crippen LogP contribution in [-0.4, -0.2) is 10.7 Å². The highest BCUT2D eigenvalue weighted by molar-refractivity contribution is 5.27. The molecule has 2 nitrogen and oxygen atoms in total. The zero-order valence-corrected chi connectivity index (χ0v) is 15.8. The highest BCUT2D eigenvalue weighted by Gasteiger charge is 2.51. The summed E-state index contributed by atoms with van der Waals surface area (Å²) >= 11 is 0. The average molecular weight is 338 g/mol. The Kier molecular flexibility index (Phi) is 5.31. The minimum absolute atomic E-state index is 0.146. The van der Waals surface area contributed by atoms with Gasteiger partial charge in [0.05, 0.1) is 5.60 Å². The summed E-state index contributed by atoms with van der Waals surface area (Å²) in [6, 6.07) is 21.4. The molecule has 1 saturated heterocycles. The molecule has 134 valence electrons. The third kappa shape index (κ3) is 3.51. The van der Waals surface area contributed by atoms with Gasteiger partial charge in [0.25, 0.3) is 0 Å². The van der Waals surface area contributed by atoms with Gasteiger partial charge >= 0.3 is 0 Å². The van der Waals surface area contributed by atoms with E-state index in [2.05, 4.69) is 87.6 Å². The lowest BCUT2D eigenvalue weighted by molar-refractivity contribution is -0.123. The quantitative estimate of drug-likeness (QED) is 0.811. The summed E-state index contributed by atoms with van der Waals surface area (Å²) < 4.78 is 0. The minimum Gasteiger partial charge on any atom is -0.389 e. The Morgan fingerprint density at radius 1 is 0.880 bits per heavy atom. The van der Waals surface area contributed by atoms with Crippen LogP contribution in [0.5, 0.6) is 0 Å². The zero-order chi connectivity index (χ0) is 18.0. The second-order valence-corrected chi connectivity index (χ2v) is 8.14. The van der Waals surface area contributed by atoms with E-state index in [1.807, 2.05) is 6.07 Å². The van der Waals surface area contributed by atoms with Gasteiger partial charge in [-0.1, -0.05) is 88.4 Å². The molecule has 2 heteroatoms. The first-order valence-electron chi connectivity index (χ1n) is 9.51. The predicted octanol–water partition coefficient (Wildman–Crippen LogP) is 5.12. The van der Waals surface area contributed by atoms with Gasteiger partial charge in [-0.25, -0.2) is 0 Å². The van der Waals surface area contributed by atoms with Crippen LogP contribution in [0.4, 0.5) is 0 Å². The SMILES string of the molecule is CC(C)C1C(c2ccccc2)NC(c2ccccc2)CC1(O)C(C)C. The maximum Gasteiger partial charge on any atom is 0.0737 e. The van der Waals surface area contributed by atoms with E-state index in [0.29, 0.717) is 5.92 Å². The van der Waals surface area contributed by atoms with Crippen LogP contribution in [-0.2, 0) is 0 Å². The van der Waals surface area contributed by atoms with Gasteiger partial charge in [0.2, 0.25) is 0 Å². The van der Waals surface area contributed by atoms with E-state index in [1.54, 1.807) is 0 Å². The van der Waals surface area contributed by atoms with Gasteiger partial charge in [-0.05, 0) is 29.4 Å². The molecule has 1 aliphatic heterocycles. The van der Waals surface area contributed by atoms with Gasteiger partial charge in [-0.15, -0.1) is 0 Å². The van der Waals surface area contributed by atoms with Crippen LogP contribution in [0.2, 0.25) is 0 Å². The normalized spacial score (nSPS) is 30.0. The van der Waals surface area contributed by atoms with E-state index in [-0.39, 0.29) is 23.9 Å². The Hall–Kier alpha value is -1.64. The van der Waals surface area contributed by atoms with Crippen molar-refractivity contribution < 1.29 is 5.11 Å². The second kappa shape index (κ2) is 7.31. The fourth-order valence-corrected chi connectivity index (χ4v) is 4.58. The number of aliphatic hydroxyl groups is 1. The minimum atomic E-state index is -0.694. The van der Waals surface area contributed by atoms with Crippen molar-refractivity contribution in [3.8, 4) is 0 Å². The molecule has 0 bridgehead atoms. The molecule has 4 atom stereocenters. The molecule has 3 rings (SSSR count). The monoisotopic (exact) mass is 337 g/mol. The van der Waals surface area contributed by atoms with Crippen molar-refractivity contribution in [3.63, 3.8) is 0 Å². The first-order valence-corrected chi connectivity index (χ1v) is 9.51. The van der Waals surface area contributed by atoms with Crippen LogP contribution in [0.1, 0.15) is 57.3 Å². The molecule has 0 aromatic heterocycles. The number of hydrogen-bond donors (Lipinski definition) is 2. The van der Waals surface area contributed by atoms with Gasteiger partial charge in [0.1, 0.15) is 0 Å². The topological polar surface area (TPSA) is 32.3 Å². The highest BCUT2D eigenvalue weighted by atomic mass is 16.3. The first-order chi connectivity index (χ1) is 11.9. The van der Waals surface area contributed by atoms with E-state index < -0.39 is 5.60 Å². The molecule has 0 spiro atoms. The molecule has 1 fully saturated rings. The van der Waals surface area contributed by atoms with Gasteiger partial charge < -0.3 is 10.4 Å². The van der Waals surface area contributed by atoms with Crippen LogP contribution in [0, 0.1) is 17.8 Å². The Morgan fingerprint density at radius 2 is 1.40 bits per heavy atom. The van der Waals surface area contributed by atoms with Crippen molar-refractivity contribution in [2.75, 3.05) is 0 Å². The fraction of sp³-hybridized carbons (Fsp3) is 0.478. The summed E-state index contributed by atoms with van der Waals surface area (Å²) in [5.74, 6) is 0.774. The second-order valence-electron chi connectivity index (χ2n) is 8.14. The Morgan fingerprint density at radius 3 is 1.88 bits per heavy atom. The molecule has 0 radical (unpaired) electrons. The van der Waals surface area contributed by atoms with E-state index in [0.717, 1.165) is 6.42 Å². The lowest BCUT2D eigenvalue weighted by Gasteiger charge is -2.52. The lowest BCUT2D eigenvalue weighted by Crippen LogP contribution is -2.57. The van der Waals surface area contributed by atoms with Crippen LogP contribution < -0.4 is 5.32 Å². The van der Waals surface area contributed by atoms with Crippen molar-refractivity contribution >= 4 is 0 Å². The predicted molar refractivity (Wildman–Crippen MR) is 104 cm³/mol. The van der Waals surface area contributed by atoms with Gasteiger partial charge in [0, 0.05) is 18.0 Å². The molecule has 0 amide bonds. The summed E-state index contributed by atoms with van der Waals surface area (Å²) in [5.41, 5.74) is 1.83. The number of nitrogens with one attached hydrogen (secondary N) is 1. The van der Waals surface area contributed by atoms with Crippen LogP contribution in [0.3, 0.4) is 0 Å². The smallest absolute Gasteiger partial charge is 0.0737 e. The number of hydrogen-bond acceptors (Lipinski definition) is 2. The fourth-order valence-electron chi connectivity index (χ4n) is 4.58. The van der Waals surface area contributed by atoms with E-state index in [1.165, 1.54) is 11.1 Å². The van der Waals surface area contributed by atoms with Crippen molar-refractivity contribution in [1.29, 1.82) is 0 Å². The Balaban J connectivity index is 2.06. The molecular weight excluding hydrogens is 306 g/mol. The maximum absolute atomic E-state index is 11.8. The molecule has 2 aromatic rings. The van der Waals surface area contributed by atoms with Gasteiger partial charge in [0.15, 0.2) is 0 Å². The van der Waals surface area contributed by atoms with Crippen molar-refractivity contribution in [3.05, 3.63) is 71.8 Å². The van der Waals surface area contributed by atoms with Crippen molar-refractivity contribution in [2.24, 2.45) is 17.8 Å². The van der Waals surface area contributed by atoms with Crippen LogP contribution in [0.25, 0.3) is 0 Å². The Labute approximate surface area is 152 Å². The highest BCUT2D eigenvalue weighted by Crippen LogP contribution is 2.49. The summed E-state index contributed by atoms with van der Waals surface area (Å²) in [4.78, 5) is 0. The third-order valence-electron chi connectivity index (χ3n) is 5.93. The summed E-state index contributed by atoms with van der Waals surface area (Å²) in [6.07, 6.45) is 0.751.